The summed E-state index contributed by atoms with van der Waals surface area (Å²) in [5.41, 5.74) is 9.96. The second kappa shape index (κ2) is 31.4. The highest BCUT2D eigenvalue weighted by Crippen LogP contribution is 2.52. The topological polar surface area (TPSA) is 130 Å². The van der Waals surface area contributed by atoms with Gasteiger partial charge in [-0.25, -0.2) is 20.8 Å². The van der Waals surface area contributed by atoms with E-state index in [1.807, 2.05) is 48.5 Å². The second-order valence-electron chi connectivity index (χ2n) is 19.5. The molecule has 15 heteroatoms. The molecule has 3 unspecified atom stereocenters. The maximum absolute atomic E-state index is 12.4. The lowest BCUT2D eigenvalue weighted by Gasteiger charge is -2.35. The number of ether oxygens (including phenoxy) is 3. The molecule has 0 saturated carbocycles. The lowest BCUT2D eigenvalue weighted by atomic mass is 9.98. The molecule has 13 nitrogen and oxygen atoms in total. The molecular weight excluding hydrogens is 959 g/mol. The molecule has 0 saturated heterocycles. The van der Waals surface area contributed by atoms with Crippen LogP contribution in [0.1, 0.15) is 123 Å². The maximum atomic E-state index is 12.4. The van der Waals surface area contributed by atoms with Crippen molar-refractivity contribution in [3.8, 4) is 22.3 Å². The van der Waals surface area contributed by atoms with Gasteiger partial charge >= 0.3 is 12.2 Å². The highest BCUT2D eigenvalue weighted by Gasteiger charge is 2.34. The first-order valence-corrected chi connectivity index (χ1v) is 28.7. The molecule has 0 spiro atoms. The first-order chi connectivity index (χ1) is 35.3. The van der Waals surface area contributed by atoms with Gasteiger partial charge in [-0.3, -0.25) is 0 Å². The van der Waals surface area contributed by atoms with Gasteiger partial charge in [-0.05, 0) is 103 Å². The van der Waals surface area contributed by atoms with Crippen LogP contribution < -0.4 is 10.6 Å². The standard InChI is InChI=1S/C32H45N2O5P.C26H37N2O4P/c1-7-25(39-40(38-20-18-33-6)31(23(2)3)24(4)5)21-36-19-12-17-34-32(35)37-22-30-28-15-10-8-13-26(28)27-14-9-11-16-29(27)30;1-6-16-31-33(28(19(2)3)20(4)5)32-17-15-27-26(29)30-18-25-23-13-9-7-11-21(23)22-12-8-10-14-24(22)25/h8-11,13-16,23-25,30-31H,7,12,17-22H2,1-5H3,(H,34,35);7-14,19-20,25H,6,15-18H2,1-5H3,(H,27,29). The van der Waals surface area contributed by atoms with Crippen molar-refractivity contribution >= 4 is 29.1 Å². The predicted molar refractivity (Wildman–Crippen MR) is 296 cm³/mol. The van der Waals surface area contributed by atoms with Crippen LogP contribution in [0.15, 0.2) is 97.1 Å². The molecule has 0 aliphatic heterocycles. The molecule has 398 valence electrons. The van der Waals surface area contributed by atoms with Gasteiger partial charge in [0.25, 0.3) is 8.53 Å². The summed E-state index contributed by atoms with van der Waals surface area (Å²) in [6.07, 6.45) is 1.51. The number of nitrogens with zero attached hydrogens (tertiary/aromatic N) is 2. The molecule has 2 aliphatic rings. The highest BCUT2D eigenvalue weighted by atomic mass is 31.2. The van der Waals surface area contributed by atoms with Gasteiger partial charge in [-0.15, -0.1) is 0 Å². The van der Waals surface area contributed by atoms with Crippen LogP contribution in [0.4, 0.5) is 9.59 Å². The van der Waals surface area contributed by atoms with Crippen LogP contribution in [0, 0.1) is 18.4 Å². The molecule has 2 amide bonds. The Morgan fingerprint density at radius 2 is 1.07 bits per heavy atom. The number of carbonyl (C=O) groups is 2. The summed E-state index contributed by atoms with van der Waals surface area (Å²) in [6, 6.07) is 33.9. The third-order valence-electron chi connectivity index (χ3n) is 12.7. The Balaban J connectivity index is 0.000000276. The van der Waals surface area contributed by atoms with Crippen molar-refractivity contribution in [3.63, 3.8) is 0 Å². The van der Waals surface area contributed by atoms with Gasteiger partial charge in [-0.2, -0.15) is 0 Å². The van der Waals surface area contributed by atoms with Crippen LogP contribution in [0.25, 0.3) is 27.1 Å². The Kier molecular flexibility index (Phi) is 25.6. The Hall–Kier alpha value is -4.47. The molecule has 2 N–H and O–H groups in total. The summed E-state index contributed by atoms with van der Waals surface area (Å²) in [5, 5.41) is 5.66. The number of hydrogen-bond acceptors (Lipinski definition) is 10. The largest absolute Gasteiger partial charge is 0.449 e. The van der Waals surface area contributed by atoms with E-state index in [0.717, 1.165) is 12.8 Å². The number of alkyl carbamates (subject to hydrolysis) is 2. The smallest absolute Gasteiger partial charge is 0.407 e. The number of fused-ring (bicyclic) bond motifs is 6. The van der Waals surface area contributed by atoms with Crippen LogP contribution in [0.5, 0.6) is 0 Å². The summed E-state index contributed by atoms with van der Waals surface area (Å²) >= 11 is 0. The van der Waals surface area contributed by atoms with E-state index in [9.17, 15) is 9.59 Å². The molecule has 3 atom stereocenters. The first kappa shape index (κ1) is 59.4. The summed E-state index contributed by atoms with van der Waals surface area (Å²) in [4.78, 5) is 28.2. The third-order valence-corrected chi connectivity index (χ3v) is 17.4. The molecule has 0 heterocycles. The van der Waals surface area contributed by atoms with Gasteiger partial charge in [-0.1, -0.05) is 139 Å². The molecule has 2 aliphatic carbocycles. The average Bonchev–Trinajstić information content (AvgIpc) is 3.87. The van der Waals surface area contributed by atoms with Crippen molar-refractivity contribution in [1.29, 1.82) is 0 Å². The quantitative estimate of drug-likeness (QED) is 0.0308. The second-order valence-corrected chi connectivity index (χ2v) is 22.6. The molecule has 0 bridgehead atoms. The van der Waals surface area contributed by atoms with E-state index in [2.05, 4.69) is 138 Å². The summed E-state index contributed by atoms with van der Waals surface area (Å²) in [5.74, 6) is 0.942. The Morgan fingerprint density at radius 3 is 1.49 bits per heavy atom. The molecule has 6 rings (SSSR count). The van der Waals surface area contributed by atoms with Gasteiger partial charge < -0.3 is 47.8 Å². The zero-order valence-corrected chi connectivity index (χ0v) is 46.8. The SMILES string of the molecule is CCCOP(OCCNC(=O)OCC1c2ccccc2-c2ccccc21)N(C(C)C)C(C)C.[C-]#[N+]CCOP(OC(CC)COCCCNC(=O)OCC1c2ccccc2-c2ccccc21)C(C(C)C)C(C)C. The van der Waals surface area contributed by atoms with Gasteiger partial charge in [0.05, 0.1) is 25.9 Å². The van der Waals surface area contributed by atoms with Crippen molar-refractivity contribution < 1.29 is 41.9 Å². The number of rotatable bonds is 29. The van der Waals surface area contributed by atoms with E-state index in [1.54, 1.807) is 0 Å². The summed E-state index contributed by atoms with van der Waals surface area (Å²) in [6.45, 7) is 32.8. The lowest BCUT2D eigenvalue weighted by molar-refractivity contribution is 0.0429. The minimum absolute atomic E-state index is 0.0503. The fraction of sp³-hybridized carbons (Fsp3) is 0.534. The summed E-state index contributed by atoms with van der Waals surface area (Å²) in [7, 11) is -2.31. The minimum atomic E-state index is -1.17. The first-order valence-electron chi connectivity index (χ1n) is 26.3. The van der Waals surface area contributed by atoms with Crippen LogP contribution in [-0.2, 0) is 32.3 Å². The van der Waals surface area contributed by atoms with Gasteiger partial charge in [0.2, 0.25) is 6.54 Å². The van der Waals surface area contributed by atoms with Crippen molar-refractivity contribution in [2.45, 2.75) is 124 Å². The normalized spacial score (nSPS) is 14.1. The molecule has 0 radical (unpaired) electrons. The zero-order chi connectivity index (χ0) is 52.7. The molecular formula is C58H82N4O9P2. The summed E-state index contributed by atoms with van der Waals surface area (Å²) < 4.78 is 43.9. The number of hydrogen-bond donors (Lipinski definition) is 2. The highest BCUT2D eigenvalue weighted by molar-refractivity contribution is 7.48. The Morgan fingerprint density at radius 1 is 0.616 bits per heavy atom. The van der Waals surface area contributed by atoms with E-state index in [0.29, 0.717) is 96.2 Å². The minimum Gasteiger partial charge on any atom is -0.449 e. The van der Waals surface area contributed by atoms with Crippen LogP contribution in [0.3, 0.4) is 0 Å². The van der Waals surface area contributed by atoms with E-state index >= 15 is 0 Å². The molecule has 4 aromatic rings. The zero-order valence-electron chi connectivity index (χ0n) is 45.0. The van der Waals surface area contributed by atoms with E-state index in [4.69, 9.17) is 38.9 Å². The fourth-order valence-corrected chi connectivity index (χ4v) is 13.3. The van der Waals surface area contributed by atoms with Crippen LogP contribution in [0.2, 0.25) is 0 Å². The van der Waals surface area contributed by atoms with Crippen LogP contribution >= 0.6 is 16.9 Å². The Bertz CT molecular complexity index is 2220. The molecule has 0 fully saturated rings. The number of benzene rings is 4. The maximum Gasteiger partial charge on any atom is 0.407 e. The van der Waals surface area contributed by atoms with Crippen LogP contribution in [-0.4, -0.2) is 107 Å². The van der Waals surface area contributed by atoms with Crippen molar-refractivity contribution in [2.75, 3.05) is 65.9 Å². The molecule has 73 heavy (non-hydrogen) atoms. The third kappa shape index (κ3) is 17.6. The van der Waals surface area contributed by atoms with E-state index in [1.165, 1.54) is 44.5 Å². The number of amides is 2. The van der Waals surface area contributed by atoms with E-state index < -0.39 is 29.1 Å². The number of nitrogens with one attached hydrogen (secondary N) is 2. The van der Waals surface area contributed by atoms with E-state index in [-0.39, 0.29) is 23.6 Å². The van der Waals surface area contributed by atoms with Crippen molar-refractivity contribution in [2.24, 2.45) is 11.8 Å². The molecule has 4 aromatic carbocycles. The number of carbonyl (C=O) groups excluding carboxylic acids is 2. The van der Waals surface area contributed by atoms with Crippen molar-refractivity contribution in [1.82, 2.24) is 15.3 Å². The van der Waals surface area contributed by atoms with Gasteiger partial charge in [0, 0.05) is 49.3 Å². The van der Waals surface area contributed by atoms with Crippen molar-refractivity contribution in [3.05, 3.63) is 131 Å². The fourth-order valence-electron chi connectivity index (χ4n) is 9.46. The van der Waals surface area contributed by atoms with Gasteiger partial charge in [0.15, 0.2) is 8.38 Å². The average molecular weight is 1040 g/mol. The monoisotopic (exact) mass is 1040 g/mol. The molecule has 0 aromatic heterocycles. The lowest BCUT2D eigenvalue weighted by Crippen LogP contribution is -2.34. The predicted octanol–water partition coefficient (Wildman–Crippen LogP) is 14.0. The Labute approximate surface area is 439 Å². The van der Waals surface area contributed by atoms with Gasteiger partial charge in [0.1, 0.15) is 19.8 Å².